The molecule has 0 saturated heterocycles. The average Bonchev–Trinajstić information content (AvgIpc) is 2.51. The first-order valence-electron chi connectivity index (χ1n) is 7.87. The van der Waals surface area contributed by atoms with Gasteiger partial charge in [0.15, 0.2) is 0 Å². The van der Waals surface area contributed by atoms with Crippen LogP contribution in [0.5, 0.6) is 0 Å². The Hall–Kier alpha value is -2.00. The normalized spacial score (nSPS) is 19.8. The number of amides is 1. The van der Waals surface area contributed by atoms with Gasteiger partial charge in [-0.15, -0.1) is 0 Å². The molecule has 0 aliphatic heterocycles. The fourth-order valence-electron chi connectivity index (χ4n) is 3.03. The molecule has 1 saturated carbocycles. The molecule has 0 aromatic heterocycles. The van der Waals surface area contributed by atoms with Crippen molar-refractivity contribution in [1.82, 2.24) is 4.90 Å². The van der Waals surface area contributed by atoms with E-state index in [1.54, 1.807) is 19.0 Å². The number of hydrogen-bond acceptors (Lipinski definition) is 2. The third-order valence-electron chi connectivity index (χ3n) is 4.37. The fraction of sp³-hybridized carbons (Fsp3) is 0.316. The van der Waals surface area contributed by atoms with Gasteiger partial charge < -0.3 is 10.2 Å². The molecule has 0 unspecified atom stereocenters. The maximum atomic E-state index is 12.0. The minimum absolute atomic E-state index is 0.0243. The van der Waals surface area contributed by atoms with E-state index in [4.69, 9.17) is 11.6 Å². The number of nitrogens with zero attached hydrogens (tertiary/aromatic N) is 1. The van der Waals surface area contributed by atoms with Crippen LogP contribution in [-0.2, 0) is 0 Å². The third-order valence-corrected chi connectivity index (χ3v) is 4.71. The Morgan fingerprint density at radius 3 is 2.57 bits per heavy atom. The highest BCUT2D eigenvalue weighted by Crippen LogP contribution is 2.41. The molecular weight excluding hydrogens is 308 g/mol. The number of anilines is 1. The molecule has 0 atom stereocenters. The summed E-state index contributed by atoms with van der Waals surface area (Å²) in [6.45, 7) is 0. The topological polar surface area (TPSA) is 32.3 Å². The molecule has 0 radical (unpaired) electrons. The van der Waals surface area contributed by atoms with Gasteiger partial charge in [-0.2, -0.15) is 0 Å². The molecule has 3 nitrogen and oxygen atoms in total. The zero-order valence-electron chi connectivity index (χ0n) is 13.4. The summed E-state index contributed by atoms with van der Waals surface area (Å²) < 4.78 is 0. The Labute approximate surface area is 142 Å². The van der Waals surface area contributed by atoms with E-state index >= 15 is 0 Å². The zero-order valence-corrected chi connectivity index (χ0v) is 14.2. The highest BCUT2D eigenvalue weighted by atomic mass is 35.5. The molecule has 1 amide bonds. The minimum Gasteiger partial charge on any atom is -0.382 e. The van der Waals surface area contributed by atoms with Crippen molar-refractivity contribution in [3.63, 3.8) is 0 Å². The van der Waals surface area contributed by atoms with Crippen LogP contribution in [0.2, 0.25) is 5.02 Å². The number of carbonyl (C=O) groups excluding carboxylic acids is 1. The van der Waals surface area contributed by atoms with Gasteiger partial charge >= 0.3 is 0 Å². The molecular formula is C19H21ClN2O. The quantitative estimate of drug-likeness (QED) is 0.902. The van der Waals surface area contributed by atoms with E-state index in [-0.39, 0.29) is 5.91 Å². The maximum absolute atomic E-state index is 12.0. The zero-order chi connectivity index (χ0) is 16.4. The summed E-state index contributed by atoms with van der Waals surface area (Å²) >= 11 is 6.26. The Balaban J connectivity index is 1.61. The maximum Gasteiger partial charge on any atom is 0.253 e. The summed E-state index contributed by atoms with van der Waals surface area (Å²) in [6, 6.07) is 16.2. The van der Waals surface area contributed by atoms with Gasteiger partial charge in [0.2, 0.25) is 0 Å². The first kappa shape index (κ1) is 15.9. The lowest BCUT2D eigenvalue weighted by molar-refractivity contribution is 0.0827. The number of carbonyl (C=O) groups is 1. The number of halogens is 1. The van der Waals surface area contributed by atoms with Crippen molar-refractivity contribution in [2.24, 2.45) is 0 Å². The minimum atomic E-state index is 0.0243. The predicted octanol–water partition coefficient (Wildman–Crippen LogP) is 4.40. The lowest BCUT2D eigenvalue weighted by Crippen LogP contribution is -2.34. The van der Waals surface area contributed by atoms with Crippen molar-refractivity contribution in [3.8, 4) is 0 Å². The molecule has 2 aromatic carbocycles. The van der Waals surface area contributed by atoms with E-state index in [2.05, 4.69) is 11.4 Å². The molecule has 0 spiro atoms. The van der Waals surface area contributed by atoms with Crippen LogP contribution in [0.3, 0.4) is 0 Å². The van der Waals surface area contributed by atoms with Crippen molar-refractivity contribution in [3.05, 3.63) is 64.7 Å². The molecule has 0 heterocycles. The van der Waals surface area contributed by atoms with Gasteiger partial charge in [0, 0.05) is 36.4 Å². The van der Waals surface area contributed by atoms with Crippen molar-refractivity contribution < 1.29 is 4.79 Å². The molecule has 1 fully saturated rings. The highest BCUT2D eigenvalue weighted by Gasteiger charge is 2.31. The molecule has 23 heavy (non-hydrogen) atoms. The van der Waals surface area contributed by atoms with Gasteiger partial charge in [0.1, 0.15) is 0 Å². The molecule has 4 heteroatoms. The summed E-state index contributed by atoms with van der Waals surface area (Å²) in [4.78, 5) is 13.6. The first-order chi connectivity index (χ1) is 11.0. The van der Waals surface area contributed by atoms with E-state index in [0.29, 0.717) is 17.5 Å². The van der Waals surface area contributed by atoms with Crippen LogP contribution < -0.4 is 5.32 Å². The number of benzene rings is 2. The van der Waals surface area contributed by atoms with Crippen LogP contribution in [0, 0.1) is 0 Å². The fourth-order valence-corrected chi connectivity index (χ4v) is 3.32. The van der Waals surface area contributed by atoms with Crippen molar-refractivity contribution in [1.29, 1.82) is 0 Å². The van der Waals surface area contributed by atoms with Crippen molar-refractivity contribution in [2.45, 2.75) is 24.8 Å². The smallest absolute Gasteiger partial charge is 0.253 e. The van der Waals surface area contributed by atoms with E-state index in [0.717, 1.165) is 23.6 Å². The second-order valence-corrected chi connectivity index (χ2v) is 6.72. The summed E-state index contributed by atoms with van der Waals surface area (Å²) in [5.41, 5.74) is 2.95. The van der Waals surface area contributed by atoms with E-state index in [9.17, 15) is 4.79 Å². The van der Waals surface area contributed by atoms with Crippen LogP contribution in [0.4, 0.5) is 5.69 Å². The van der Waals surface area contributed by atoms with Gasteiger partial charge in [-0.05, 0) is 48.6 Å². The second kappa shape index (κ2) is 6.63. The van der Waals surface area contributed by atoms with Crippen LogP contribution in [0.25, 0.3) is 0 Å². The van der Waals surface area contributed by atoms with Crippen LogP contribution in [0.15, 0.2) is 48.5 Å². The van der Waals surface area contributed by atoms with E-state index in [1.165, 1.54) is 5.56 Å². The standard InChI is InChI=1S/C19H21ClN2O/c1-22(2)19(23)13-6-5-7-15(10-13)21-16-11-14(12-16)17-8-3-4-9-18(17)20/h3-10,14,16,21H,11-12H2,1-2H3. The number of nitrogens with one attached hydrogen (secondary N) is 1. The summed E-state index contributed by atoms with van der Waals surface area (Å²) in [5, 5.41) is 4.37. The van der Waals surface area contributed by atoms with E-state index in [1.807, 2.05) is 42.5 Å². The van der Waals surface area contributed by atoms with Gasteiger partial charge in [-0.25, -0.2) is 0 Å². The summed E-state index contributed by atoms with van der Waals surface area (Å²) in [5.74, 6) is 0.545. The number of rotatable bonds is 4. The Kier molecular flexibility index (Phi) is 4.58. The first-order valence-corrected chi connectivity index (χ1v) is 8.25. The average molecular weight is 329 g/mol. The molecule has 2 aromatic rings. The number of hydrogen-bond donors (Lipinski definition) is 1. The van der Waals surface area contributed by atoms with Gasteiger partial charge in [-0.1, -0.05) is 35.9 Å². The third kappa shape index (κ3) is 3.50. The molecule has 1 aliphatic rings. The molecule has 120 valence electrons. The highest BCUT2D eigenvalue weighted by molar-refractivity contribution is 6.31. The van der Waals surface area contributed by atoms with Gasteiger partial charge in [0.05, 0.1) is 0 Å². The Bertz CT molecular complexity index is 708. The Morgan fingerprint density at radius 2 is 1.87 bits per heavy atom. The second-order valence-electron chi connectivity index (χ2n) is 6.31. The predicted molar refractivity (Wildman–Crippen MR) is 95.3 cm³/mol. The van der Waals surface area contributed by atoms with E-state index < -0.39 is 0 Å². The SMILES string of the molecule is CN(C)C(=O)c1cccc(NC2CC(c3ccccc3Cl)C2)c1. The molecule has 1 aliphatic carbocycles. The van der Waals surface area contributed by atoms with Crippen LogP contribution >= 0.6 is 11.6 Å². The van der Waals surface area contributed by atoms with Gasteiger partial charge in [0.25, 0.3) is 5.91 Å². The lowest BCUT2D eigenvalue weighted by Gasteiger charge is -2.37. The Morgan fingerprint density at radius 1 is 1.13 bits per heavy atom. The monoisotopic (exact) mass is 328 g/mol. The van der Waals surface area contributed by atoms with Crippen LogP contribution in [-0.4, -0.2) is 30.9 Å². The summed E-state index contributed by atoms with van der Waals surface area (Å²) in [6.07, 6.45) is 2.13. The largest absolute Gasteiger partial charge is 0.382 e. The van der Waals surface area contributed by atoms with Gasteiger partial charge in [-0.3, -0.25) is 4.79 Å². The molecule has 0 bridgehead atoms. The summed E-state index contributed by atoms with van der Waals surface area (Å²) in [7, 11) is 3.53. The molecule has 3 rings (SSSR count). The van der Waals surface area contributed by atoms with Crippen molar-refractivity contribution in [2.75, 3.05) is 19.4 Å². The molecule has 1 N–H and O–H groups in total. The lowest BCUT2D eigenvalue weighted by atomic mass is 9.76. The van der Waals surface area contributed by atoms with Crippen molar-refractivity contribution >= 4 is 23.2 Å². The van der Waals surface area contributed by atoms with Crippen LogP contribution in [0.1, 0.15) is 34.7 Å².